The number of nitrogens with one attached hydrogen (secondary N) is 1. The van der Waals surface area contributed by atoms with Crippen LogP contribution in [0, 0.1) is 11.8 Å². The predicted molar refractivity (Wildman–Crippen MR) is 88.8 cm³/mol. The van der Waals surface area contributed by atoms with E-state index in [4.69, 9.17) is 4.74 Å². The van der Waals surface area contributed by atoms with E-state index in [-0.39, 0.29) is 6.10 Å². The van der Waals surface area contributed by atoms with Gasteiger partial charge in [-0.2, -0.15) is 0 Å². The number of hydrogen-bond donors (Lipinski definition) is 1. The molecule has 2 heterocycles. The van der Waals surface area contributed by atoms with E-state index in [0.717, 1.165) is 28.0 Å². The summed E-state index contributed by atoms with van der Waals surface area (Å²) in [6, 6.07) is 2.19. The predicted octanol–water partition coefficient (Wildman–Crippen LogP) is 4.99. The third-order valence-electron chi connectivity index (χ3n) is 3.35. The van der Waals surface area contributed by atoms with Crippen LogP contribution in [0.3, 0.4) is 0 Å². The molecule has 0 aromatic carbocycles. The van der Waals surface area contributed by atoms with Gasteiger partial charge in [0, 0.05) is 28.4 Å². The van der Waals surface area contributed by atoms with Crippen LogP contribution in [0.15, 0.2) is 14.3 Å². The Morgan fingerprint density at radius 2 is 2.26 bits per heavy atom. The lowest BCUT2D eigenvalue weighted by atomic mass is 9.93. The van der Waals surface area contributed by atoms with Gasteiger partial charge in [-0.15, -0.1) is 11.3 Å². The SMILES string of the molecule is CC(C)CNCC1CCCOC1c1cc(Br)c(Br)s1. The second-order valence-electron chi connectivity index (χ2n) is 5.52. The zero-order chi connectivity index (χ0) is 13.8. The molecule has 1 aliphatic rings. The van der Waals surface area contributed by atoms with Crippen molar-refractivity contribution < 1.29 is 4.74 Å². The highest BCUT2D eigenvalue weighted by Gasteiger charge is 2.29. The Labute approximate surface area is 136 Å². The summed E-state index contributed by atoms with van der Waals surface area (Å²) >= 11 is 8.92. The lowest BCUT2D eigenvalue weighted by Gasteiger charge is -2.31. The van der Waals surface area contributed by atoms with Gasteiger partial charge in [0.1, 0.15) is 0 Å². The highest BCUT2D eigenvalue weighted by atomic mass is 79.9. The summed E-state index contributed by atoms with van der Waals surface area (Å²) in [6.07, 6.45) is 2.68. The first kappa shape index (κ1) is 16.0. The van der Waals surface area contributed by atoms with E-state index in [9.17, 15) is 0 Å². The molecule has 1 N–H and O–H groups in total. The fourth-order valence-electron chi connectivity index (χ4n) is 2.43. The van der Waals surface area contributed by atoms with Gasteiger partial charge in [0.15, 0.2) is 0 Å². The minimum Gasteiger partial charge on any atom is -0.372 e. The van der Waals surface area contributed by atoms with Crippen molar-refractivity contribution in [3.05, 3.63) is 19.2 Å². The van der Waals surface area contributed by atoms with Crippen LogP contribution >= 0.6 is 43.2 Å². The van der Waals surface area contributed by atoms with Crippen molar-refractivity contribution in [2.75, 3.05) is 19.7 Å². The molecule has 0 radical (unpaired) electrons. The quantitative estimate of drug-likeness (QED) is 0.738. The molecular weight excluding hydrogens is 390 g/mol. The summed E-state index contributed by atoms with van der Waals surface area (Å²) in [5.41, 5.74) is 0. The number of hydrogen-bond acceptors (Lipinski definition) is 3. The second-order valence-corrected chi connectivity index (χ2v) is 8.77. The van der Waals surface area contributed by atoms with Crippen molar-refractivity contribution in [3.63, 3.8) is 0 Å². The largest absolute Gasteiger partial charge is 0.372 e. The van der Waals surface area contributed by atoms with E-state index < -0.39 is 0 Å². The molecule has 19 heavy (non-hydrogen) atoms. The van der Waals surface area contributed by atoms with Gasteiger partial charge >= 0.3 is 0 Å². The zero-order valence-corrected chi connectivity index (χ0v) is 15.4. The molecule has 1 aromatic heterocycles. The third kappa shape index (κ3) is 4.53. The summed E-state index contributed by atoms with van der Waals surface area (Å²) in [5.74, 6) is 1.29. The first-order chi connectivity index (χ1) is 9.08. The first-order valence-corrected chi connectivity index (χ1v) is 9.25. The topological polar surface area (TPSA) is 21.3 Å². The lowest BCUT2D eigenvalue weighted by molar-refractivity contribution is -0.0257. The Morgan fingerprint density at radius 1 is 1.47 bits per heavy atom. The van der Waals surface area contributed by atoms with Crippen molar-refractivity contribution in [2.24, 2.45) is 11.8 Å². The molecule has 2 rings (SSSR count). The maximum Gasteiger partial charge on any atom is 0.0957 e. The van der Waals surface area contributed by atoms with E-state index in [2.05, 4.69) is 57.1 Å². The molecule has 1 aliphatic heterocycles. The van der Waals surface area contributed by atoms with E-state index in [0.29, 0.717) is 11.8 Å². The van der Waals surface area contributed by atoms with Gasteiger partial charge in [0.05, 0.1) is 9.89 Å². The van der Waals surface area contributed by atoms with Crippen LogP contribution in [0.25, 0.3) is 0 Å². The van der Waals surface area contributed by atoms with Crippen LogP contribution in [0.4, 0.5) is 0 Å². The van der Waals surface area contributed by atoms with Gasteiger partial charge < -0.3 is 10.1 Å². The molecule has 0 aliphatic carbocycles. The van der Waals surface area contributed by atoms with E-state index >= 15 is 0 Å². The summed E-state index contributed by atoms with van der Waals surface area (Å²) in [5, 5.41) is 3.58. The summed E-state index contributed by atoms with van der Waals surface area (Å²) < 4.78 is 8.32. The minimum absolute atomic E-state index is 0.251. The van der Waals surface area contributed by atoms with Crippen molar-refractivity contribution in [3.8, 4) is 0 Å². The number of ether oxygens (including phenoxy) is 1. The smallest absolute Gasteiger partial charge is 0.0957 e. The highest BCUT2D eigenvalue weighted by molar-refractivity contribution is 9.13. The van der Waals surface area contributed by atoms with Crippen LogP contribution < -0.4 is 5.32 Å². The third-order valence-corrected chi connectivity index (χ3v) is 6.67. The van der Waals surface area contributed by atoms with E-state index in [1.807, 2.05) is 0 Å². The zero-order valence-electron chi connectivity index (χ0n) is 11.4. The van der Waals surface area contributed by atoms with Crippen LogP contribution in [-0.4, -0.2) is 19.7 Å². The van der Waals surface area contributed by atoms with E-state index in [1.54, 1.807) is 11.3 Å². The fraction of sp³-hybridized carbons (Fsp3) is 0.714. The highest BCUT2D eigenvalue weighted by Crippen LogP contribution is 2.41. The Bertz CT molecular complexity index is 389. The Balaban J connectivity index is 1.99. The molecular formula is C14H21Br2NOS. The van der Waals surface area contributed by atoms with Gasteiger partial charge in [-0.3, -0.25) is 0 Å². The normalized spacial score (nSPS) is 24.1. The van der Waals surface area contributed by atoms with Crippen molar-refractivity contribution in [1.82, 2.24) is 5.32 Å². The molecule has 1 saturated heterocycles. The first-order valence-electron chi connectivity index (χ1n) is 6.85. The number of rotatable bonds is 5. The van der Waals surface area contributed by atoms with Gasteiger partial charge in [0.2, 0.25) is 0 Å². The molecule has 2 unspecified atom stereocenters. The standard InChI is InChI=1S/C14H21Br2NOS/c1-9(2)7-17-8-10-4-3-5-18-13(10)12-6-11(15)14(16)19-12/h6,9-10,13,17H,3-5,7-8H2,1-2H3. The molecule has 0 bridgehead atoms. The monoisotopic (exact) mass is 409 g/mol. The maximum atomic E-state index is 6.03. The molecule has 1 fully saturated rings. The molecule has 5 heteroatoms. The molecule has 0 saturated carbocycles. The van der Waals surface area contributed by atoms with Crippen LogP contribution in [0.2, 0.25) is 0 Å². The second kappa shape index (κ2) is 7.55. The summed E-state index contributed by atoms with van der Waals surface area (Å²) in [6.45, 7) is 7.51. The lowest BCUT2D eigenvalue weighted by Crippen LogP contribution is -2.33. The molecule has 2 atom stereocenters. The van der Waals surface area contributed by atoms with Crippen molar-refractivity contribution >= 4 is 43.2 Å². The number of thiophene rings is 1. The van der Waals surface area contributed by atoms with Gasteiger partial charge in [-0.1, -0.05) is 13.8 Å². The Hall–Kier alpha value is 0.580. The van der Waals surface area contributed by atoms with Crippen molar-refractivity contribution in [2.45, 2.75) is 32.8 Å². The van der Waals surface area contributed by atoms with Gasteiger partial charge in [-0.05, 0) is 63.2 Å². The average molecular weight is 411 g/mol. The Morgan fingerprint density at radius 3 is 2.89 bits per heavy atom. The Kier molecular flexibility index (Phi) is 6.34. The van der Waals surface area contributed by atoms with Crippen LogP contribution in [0.1, 0.15) is 37.7 Å². The number of halogens is 2. The molecule has 108 valence electrons. The molecule has 0 amide bonds. The summed E-state index contributed by atoms with van der Waals surface area (Å²) in [7, 11) is 0. The minimum atomic E-state index is 0.251. The average Bonchev–Trinajstić information content (AvgIpc) is 2.70. The molecule has 1 aromatic rings. The van der Waals surface area contributed by atoms with E-state index in [1.165, 1.54) is 17.7 Å². The maximum absolute atomic E-state index is 6.03. The van der Waals surface area contributed by atoms with Gasteiger partial charge in [0.25, 0.3) is 0 Å². The van der Waals surface area contributed by atoms with Crippen LogP contribution in [-0.2, 0) is 4.74 Å². The van der Waals surface area contributed by atoms with Gasteiger partial charge in [-0.25, -0.2) is 0 Å². The summed E-state index contributed by atoms with van der Waals surface area (Å²) in [4.78, 5) is 1.33. The van der Waals surface area contributed by atoms with Crippen LogP contribution in [0.5, 0.6) is 0 Å². The van der Waals surface area contributed by atoms with Crippen molar-refractivity contribution in [1.29, 1.82) is 0 Å². The fourth-order valence-corrected chi connectivity index (χ4v) is 4.66. The molecule has 0 spiro atoms. The molecule has 2 nitrogen and oxygen atoms in total.